The molecule has 0 aliphatic rings. The second kappa shape index (κ2) is 7.49. The quantitative estimate of drug-likeness (QED) is 0.846. The maximum absolute atomic E-state index is 6.27. The molecule has 0 aliphatic carbocycles. The second-order valence-corrected chi connectivity index (χ2v) is 6.43. The van der Waals surface area contributed by atoms with Crippen LogP contribution in [0.2, 0.25) is 10.0 Å². The summed E-state index contributed by atoms with van der Waals surface area (Å²) >= 11 is 12.3. The van der Waals surface area contributed by atoms with Crippen molar-refractivity contribution in [3.05, 3.63) is 33.8 Å². The summed E-state index contributed by atoms with van der Waals surface area (Å²) in [4.78, 5) is 2.20. The van der Waals surface area contributed by atoms with Crippen LogP contribution in [0.5, 0.6) is 0 Å². The maximum atomic E-state index is 6.27. The Bertz CT molecular complexity index is 405. The molecule has 0 aliphatic heterocycles. The molecule has 108 valence electrons. The summed E-state index contributed by atoms with van der Waals surface area (Å²) in [6.07, 6.45) is 0. The van der Waals surface area contributed by atoms with Crippen LogP contribution in [0.1, 0.15) is 32.4 Å². The molecule has 19 heavy (non-hydrogen) atoms. The van der Waals surface area contributed by atoms with Gasteiger partial charge in [0.25, 0.3) is 0 Å². The molecule has 2 atom stereocenters. The van der Waals surface area contributed by atoms with Gasteiger partial charge < -0.3 is 10.2 Å². The van der Waals surface area contributed by atoms with E-state index in [-0.39, 0.29) is 6.04 Å². The van der Waals surface area contributed by atoms with Crippen molar-refractivity contribution in [3.8, 4) is 0 Å². The highest BCUT2D eigenvalue weighted by atomic mass is 35.5. The fourth-order valence-electron chi connectivity index (χ4n) is 2.12. The van der Waals surface area contributed by atoms with Crippen molar-refractivity contribution in [3.63, 3.8) is 0 Å². The number of hydrogen-bond donors (Lipinski definition) is 1. The van der Waals surface area contributed by atoms with Gasteiger partial charge in [-0.25, -0.2) is 0 Å². The Balaban J connectivity index is 2.81. The molecule has 1 rings (SSSR count). The van der Waals surface area contributed by atoms with Gasteiger partial charge in [0.2, 0.25) is 0 Å². The van der Waals surface area contributed by atoms with E-state index in [1.165, 1.54) is 0 Å². The summed E-state index contributed by atoms with van der Waals surface area (Å²) in [6.45, 7) is 7.59. The number of benzene rings is 1. The van der Waals surface area contributed by atoms with Crippen molar-refractivity contribution in [1.82, 2.24) is 10.2 Å². The third-order valence-corrected chi connectivity index (χ3v) is 4.11. The third-order valence-electron chi connectivity index (χ3n) is 3.28. The van der Waals surface area contributed by atoms with Crippen molar-refractivity contribution in [2.24, 2.45) is 5.92 Å². The molecule has 0 heterocycles. The van der Waals surface area contributed by atoms with E-state index in [0.29, 0.717) is 22.0 Å². The van der Waals surface area contributed by atoms with Crippen LogP contribution >= 0.6 is 23.2 Å². The molecule has 2 nitrogen and oxygen atoms in total. The van der Waals surface area contributed by atoms with Gasteiger partial charge in [-0.1, -0.05) is 49.2 Å². The molecule has 0 saturated carbocycles. The smallest absolute Gasteiger partial charge is 0.0639 e. The van der Waals surface area contributed by atoms with Crippen molar-refractivity contribution in [2.45, 2.75) is 32.9 Å². The molecular formula is C15H24Cl2N2. The van der Waals surface area contributed by atoms with Crippen LogP contribution < -0.4 is 5.32 Å². The first-order valence-corrected chi connectivity index (χ1v) is 7.43. The molecule has 0 amide bonds. The highest BCUT2D eigenvalue weighted by Gasteiger charge is 2.19. The highest BCUT2D eigenvalue weighted by molar-refractivity contribution is 6.42. The van der Waals surface area contributed by atoms with Gasteiger partial charge in [0.05, 0.1) is 10.0 Å². The van der Waals surface area contributed by atoms with Crippen LogP contribution in [0.25, 0.3) is 0 Å². The summed E-state index contributed by atoms with van der Waals surface area (Å²) in [5, 5.41) is 4.91. The van der Waals surface area contributed by atoms with E-state index in [9.17, 15) is 0 Å². The summed E-state index contributed by atoms with van der Waals surface area (Å²) in [5.41, 5.74) is 1.05. The molecular weight excluding hydrogens is 279 g/mol. The van der Waals surface area contributed by atoms with E-state index < -0.39 is 0 Å². The molecule has 0 aromatic heterocycles. The van der Waals surface area contributed by atoms with E-state index in [1.807, 2.05) is 18.2 Å². The van der Waals surface area contributed by atoms with Crippen LogP contribution in [0.15, 0.2) is 18.2 Å². The molecule has 1 aromatic carbocycles. The minimum atomic E-state index is 0.179. The number of likely N-dealkylation sites (N-methyl/N-ethyl adjacent to an activating group) is 1. The molecule has 4 heteroatoms. The lowest BCUT2D eigenvalue weighted by atomic mass is 10.0. The lowest BCUT2D eigenvalue weighted by molar-refractivity contribution is 0.273. The third kappa shape index (κ3) is 4.96. The number of halogens is 2. The molecule has 1 N–H and O–H groups in total. The summed E-state index contributed by atoms with van der Waals surface area (Å²) in [7, 11) is 4.18. The van der Waals surface area contributed by atoms with Gasteiger partial charge in [0.15, 0.2) is 0 Å². The Morgan fingerprint density at radius 3 is 2.32 bits per heavy atom. The molecule has 0 spiro atoms. The van der Waals surface area contributed by atoms with Crippen LogP contribution in [0.4, 0.5) is 0 Å². The first kappa shape index (κ1) is 16.8. The lowest BCUT2D eigenvalue weighted by Gasteiger charge is -2.29. The SMILES string of the molecule is CC(NC(CN(C)C)C(C)C)c1cccc(Cl)c1Cl. The van der Waals surface area contributed by atoms with E-state index in [2.05, 4.69) is 45.1 Å². The van der Waals surface area contributed by atoms with E-state index in [0.717, 1.165) is 12.1 Å². The van der Waals surface area contributed by atoms with Gasteiger partial charge in [0.1, 0.15) is 0 Å². The zero-order chi connectivity index (χ0) is 14.6. The molecule has 0 saturated heterocycles. The number of rotatable bonds is 6. The van der Waals surface area contributed by atoms with Crippen molar-refractivity contribution >= 4 is 23.2 Å². The van der Waals surface area contributed by atoms with Crippen LogP contribution in [0.3, 0.4) is 0 Å². The summed E-state index contributed by atoms with van der Waals surface area (Å²) in [5.74, 6) is 0.558. The van der Waals surface area contributed by atoms with Gasteiger partial charge >= 0.3 is 0 Å². The topological polar surface area (TPSA) is 15.3 Å². The van der Waals surface area contributed by atoms with Crippen LogP contribution in [-0.2, 0) is 0 Å². The standard InChI is InChI=1S/C15H24Cl2N2/c1-10(2)14(9-19(4)5)18-11(3)12-7-6-8-13(16)15(12)17/h6-8,10-11,14,18H,9H2,1-5H3. The second-order valence-electron chi connectivity index (χ2n) is 5.64. The average molecular weight is 303 g/mol. The predicted molar refractivity (Wildman–Crippen MR) is 85.2 cm³/mol. The number of hydrogen-bond acceptors (Lipinski definition) is 2. The Kier molecular flexibility index (Phi) is 6.61. The maximum Gasteiger partial charge on any atom is 0.0639 e. The zero-order valence-electron chi connectivity index (χ0n) is 12.4. The van der Waals surface area contributed by atoms with Crippen LogP contribution in [-0.4, -0.2) is 31.6 Å². The Hall–Kier alpha value is -0.280. The van der Waals surface area contributed by atoms with Gasteiger partial charge in [-0.2, -0.15) is 0 Å². The predicted octanol–water partition coefficient (Wildman–Crippen LogP) is 4.23. The molecule has 1 aromatic rings. The summed E-state index contributed by atoms with van der Waals surface area (Å²) < 4.78 is 0. The number of nitrogens with zero attached hydrogens (tertiary/aromatic N) is 1. The normalized spacial score (nSPS) is 15.0. The fourth-order valence-corrected chi connectivity index (χ4v) is 2.59. The highest BCUT2D eigenvalue weighted by Crippen LogP contribution is 2.30. The Morgan fingerprint density at radius 1 is 1.16 bits per heavy atom. The molecule has 0 radical (unpaired) electrons. The first-order valence-electron chi connectivity index (χ1n) is 6.67. The van der Waals surface area contributed by atoms with Gasteiger partial charge in [-0.05, 0) is 38.6 Å². The Labute approximate surface area is 127 Å². The van der Waals surface area contributed by atoms with Crippen molar-refractivity contribution < 1.29 is 0 Å². The van der Waals surface area contributed by atoms with Crippen molar-refractivity contribution in [2.75, 3.05) is 20.6 Å². The minimum Gasteiger partial charge on any atom is -0.308 e. The zero-order valence-corrected chi connectivity index (χ0v) is 13.9. The molecule has 0 fully saturated rings. The average Bonchev–Trinajstić information content (AvgIpc) is 2.31. The van der Waals surface area contributed by atoms with E-state index >= 15 is 0 Å². The molecule has 0 bridgehead atoms. The van der Waals surface area contributed by atoms with E-state index in [1.54, 1.807) is 0 Å². The fraction of sp³-hybridized carbons (Fsp3) is 0.600. The van der Waals surface area contributed by atoms with Gasteiger partial charge in [-0.15, -0.1) is 0 Å². The largest absolute Gasteiger partial charge is 0.308 e. The lowest BCUT2D eigenvalue weighted by Crippen LogP contribution is -2.43. The van der Waals surface area contributed by atoms with Gasteiger partial charge in [0, 0.05) is 18.6 Å². The Morgan fingerprint density at radius 2 is 1.79 bits per heavy atom. The van der Waals surface area contributed by atoms with E-state index in [4.69, 9.17) is 23.2 Å². The molecule has 2 unspecified atom stereocenters. The first-order chi connectivity index (χ1) is 8.82. The summed E-state index contributed by atoms with van der Waals surface area (Å²) in [6, 6.07) is 6.38. The van der Waals surface area contributed by atoms with Crippen LogP contribution in [0, 0.1) is 5.92 Å². The van der Waals surface area contributed by atoms with Crippen molar-refractivity contribution in [1.29, 1.82) is 0 Å². The number of nitrogens with one attached hydrogen (secondary N) is 1. The minimum absolute atomic E-state index is 0.179. The van der Waals surface area contributed by atoms with Gasteiger partial charge in [-0.3, -0.25) is 0 Å². The monoisotopic (exact) mass is 302 g/mol.